The lowest BCUT2D eigenvalue weighted by molar-refractivity contribution is -0.134. The predicted octanol–water partition coefficient (Wildman–Crippen LogP) is 1.65. The number of carbonyl (C=O) groups is 2. The second kappa shape index (κ2) is 8.24. The maximum Gasteiger partial charge on any atom is 0.239 e. The molecule has 0 aliphatic carbocycles. The van der Waals surface area contributed by atoms with Crippen LogP contribution in [0.2, 0.25) is 0 Å². The molecule has 2 aromatic rings. The fraction of sp³-hybridized carbons (Fsp3) is 0.412. The quantitative estimate of drug-likeness (QED) is 0.834. The van der Waals surface area contributed by atoms with E-state index in [9.17, 15) is 9.59 Å². The number of nitrogens with one attached hydrogen (secondary N) is 1. The maximum absolute atomic E-state index is 12.1. The van der Waals surface area contributed by atoms with Crippen LogP contribution in [0.1, 0.15) is 26.2 Å². The summed E-state index contributed by atoms with van der Waals surface area (Å²) in [5.41, 5.74) is 0.862. The van der Waals surface area contributed by atoms with E-state index in [2.05, 4.69) is 15.5 Å². The van der Waals surface area contributed by atoms with Gasteiger partial charge in [0.2, 0.25) is 23.5 Å². The van der Waals surface area contributed by atoms with Gasteiger partial charge in [0.25, 0.3) is 0 Å². The highest BCUT2D eigenvalue weighted by Crippen LogP contribution is 2.15. The van der Waals surface area contributed by atoms with Crippen LogP contribution in [-0.2, 0) is 16.0 Å². The van der Waals surface area contributed by atoms with Crippen LogP contribution in [0.15, 0.2) is 34.9 Å². The summed E-state index contributed by atoms with van der Waals surface area (Å²) in [6, 6.07) is 9.53. The zero-order chi connectivity index (χ0) is 17.5. The summed E-state index contributed by atoms with van der Waals surface area (Å²) in [6.07, 6.45) is 0.552. The molecule has 1 aromatic carbocycles. The normalized spacial score (nSPS) is 10.7. The highest BCUT2D eigenvalue weighted by atomic mass is 16.5. The Bertz CT molecular complexity index is 682. The number of hydrogen-bond acceptors (Lipinski definition) is 5. The average Bonchev–Trinajstić information content (AvgIpc) is 3.01. The third-order valence-corrected chi connectivity index (χ3v) is 3.31. The van der Waals surface area contributed by atoms with Crippen molar-refractivity contribution in [2.45, 2.75) is 32.7 Å². The topological polar surface area (TPSA) is 88.3 Å². The summed E-state index contributed by atoms with van der Waals surface area (Å²) in [6.45, 7) is 3.79. The van der Waals surface area contributed by atoms with E-state index in [1.807, 2.05) is 44.2 Å². The molecule has 7 nitrogen and oxygen atoms in total. The molecule has 128 valence electrons. The van der Waals surface area contributed by atoms with E-state index in [0.717, 1.165) is 5.56 Å². The van der Waals surface area contributed by atoms with Gasteiger partial charge >= 0.3 is 0 Å². The number of hydrogen-bond donors (Lipinski definition) is 1. The Labute approximate surface area is 141 Å². The van der Waals surface area contributed by atoms with Gasteiger partial charge in [0.15, 0.2) is 0 Å². The van der Waals surface area contributed by atoms with Crippen LogP contribution in [-0.4, -0.2) is 46.5 Å². The number of amides is 2. The molecule has 1 aromatic heterocycles. The highest BCUT2D eigenvalue weighted by Gasteiger charge is 2.15. The Morgan fingerprint density at radius 2 is 1.96 bits per heavy atom. The highest BCUT2D eigenvalue weighted by molar-refractivity contribution is 5.84. The second-order valence-corrected chi connectivity index (χ2v) is 5.85. The van der Waals surface area contributed by atoms with Crippen molar-refractivity contribution in [1.82, 2.24) is 20.4 Å². The van der Waals surface area contributed by atoms with Gasteiger partial charge in [-0.05, 0) is 13.8 Å². The largest absolute Gasteiger partial charge is 0.352 e. The number of nitrogens with zero attached hydrogens (tertiary/aromatic N) is 3. The molecular weight excluding hydrogens is 308 g/mol. The van der Waals surface area contributed by atoms with Crippen LogP contribution in [0, 0.1) is 0 Å². The van der Waals surface area contributed by atoms with Crippen molar-refractivity contribution < 1.29 is 14.1 Å². The van der Waals surface area contributed by atoms with Gasteiger partial charge in [-0.15, -0.1) is 0 Å². The molecular formula is C17H22N4O3. The molecule has 0 saturated carbocycles. The lowest BCUT2D eigenvalue weighted by atomic mass is 10.2. The van der Waals surface area contributed by atoms with Crippen LogP contribution in [0.3, 0.4) is 0 Å². The van der Waals surface area contributed by atoms with E-state index < -0.39 is 0 Å². The molecule has 0 atom stereocenters. The fourth-order valence-electron chi connectivity index (χ4n) is 2.14. The third-order valence-electron chi connectivity index (χ3n) is 3.31. The lowest BCUT2D eigenvalue weighted by Crippen LogP contribution is -2.40. The van der Waals surface area contributed by atoms with E-state index in [4.69, 9.17) is 4.52 Å². The van der Waals surface area contributed by atoms with Crippen molar-refractivity contribution in [3.63, 3.8) is 0 Å². The van der Waals surface area contributed by atoms with Gasteiger partial charge in [-0.3, -0.25) is 9.59 Å². The molecule has 0 saturated heterocycles. The Hall–Kier alpha value is -2.70. The fourth-order valence-corrected chi connectivity index (χ4v) is 2.14. The van der Waals surface area contributed by atoms with Gasteiger partial charge < -0.3 is 14.7 Å². The molecule has 0 unspecified atom stereocenters. The summed E-state index contributed by atoms with van der Waals surface area (Å²) in [7, 11) is 1.60. The Morgan fingerprint density at radius 3 is 2.62 bits per heavy atom. The number of aromatic nitrogens is 2. The first kappa shape index (κ1) is 17.7. The first-order chi connectivity index (χ1) is 11.5. The molecule has 0 aliphatic rings. The summed E-state index contributed by atoms with van der Waals surface area (Å²) in [4.78, 5) is 29.4. The molecule has 0 aliphatic heterocycles. The molecule has 0 fully saturated rings. The molecule has 1 N–H and O–H groups in total. The number of carbonyl (C=O) groups excluding carboxylic acids is 2. The van der Waals surface area contributed by atoms with Crippen molar-refractivity contribution in [2.75, 3.05) is 13.6 Å². The van der Waals surface area contributed by atoms with Gasteiger partial charge in [-0.2, -0.15) is 4.98 Å². The zero-order valence-electron chi connectivity index (χ0n) is 14.2. The first-order valence-electron chi connectivity index (χ1n) is 7.87. The van der Waals surface area contributed by atoms with Crippen molar-refractivity contribution in [3.05, 3.63) is 36.2 Å². The Kier molecular flexibility index (Phi) is 6.06. The SMILES string of the molecule is CC(C)NC(=O)CN(C)C(=O)CCc1nc(-c2ccccc2)no1. The van der Waals surface area contributed by atoms with Gasteiger partial charge in [0.05, 0.1) is 6.54 Å². The van der Waals surface area contributed by atoms with Gasteiger partial charge in [0, 0.05) is 31.5 Å². The Balaban J connectivity index is 1.84. The molecule has 2 rings (SSSR count). The minimum Gasteiger partial charge on any atom is -0.352 e. The average molecular weight is 330 g/mol. The van der Waals surface area contributed by atoms with Gasteiger partial charge in [-0.25, -0.2) is 0 Å². The number of rotatable bonds is 7. The van der Waals surface area contributed by atoms with E-state index in [1.165, 1.54) is 4.90 Å². The van der Waals surface area contributed by atoms with E-state index in [1.54, 1.807) is 7.05 Å². The molecule has 0 spiro atoms. The first-order valence-corrected chi connectivity index (χ1v) is 7.87. The molecule has 0 radical (unpaired) electrons. The summed E-state index contributed by atoms with van der Waals surface area (Å²) in [5, 5.41) is 6.67. The predicted molar refractivity (Wildman–Crippen MR) is 89.0 cm³/mol. The zero-order valence-corrected chi connectivity index (χ0v) is 14.2. The van der Waals surface area contributed by atoms with Crippen molar-refractivity contribution in [3.8, 4) is 11.4 Å². The van der Waals surface area contributed by atoms with Crippen molar-refractivity contribution >= 4 is 11.8 Å². The lowest BCUT2D eigenvalue weighted by Gasteiger charge is -2.17. The summed E-state index contributed by atoms with van der Waals surface area (Å²) >= 11 is 0. The third kappa shape index (κ3) is 5.19. The summed E-state index contributed by atoms with van der Waals surface area (Å²) in [5.74, 6) is 0.586. The van der Waals surface area contributed by atoms with E-state index in [0.29, 0.717) is 18.1 Å². The molecule has 1 heterocycles. The number of benzene rings is 1. The van der Waals surface area contributed by atoms with Crippen molar-refractivity contribution in [2.24, 2.45) is 0 Å². The standard InChI is InChI=1S/C17H22N4O3/c1-12(2)18-14(22)11-21(3)16(23)10-9-15-19-17(20-24-15)13-7-5-4-6-8-13/h4-8,12H,9-11H2,1-3H3,(H,18,22). The minimum absolute atomic E-state index is 0.0378. The molecule has 7 heteroatoms. The van der Waals surface area contributed by atoms with Crippen LogP contribution < -0.4 is 5.32 Å². The maximum atomic E-state index is 12.1. The molecule has 24 heavy (non-hydrogen) atoms. The van der Waals surface area contributed by atoms with Gasteiger partial charge in [-0.1, -0.05) is 35.5 Å². The van der Waals surface area contributed by atoms with Crippen LogP contribution in [0.5, 0.6) is 0 Å². The smallest absolute Gasteiger partial charge is 0.239 e. The van der Waals surface area contributed by atoms with Gasteiger partial charge in [0.1, 0.15) is 0 Å². The summed E-state index contributed by atoms with van der Waals surface area (Å²) < 4.78 is 5.17. The number of aryl methyl sites for hydroxylation is 1. The molecule has 2 amide bonds. The van der Waals surface area contributed by atoms with Crippen LogP contribution >= 0.6 is 0 Å². The molecule has 0 bridgehead atoms. The van der Waals surface area contributed by atoms with Crippen molar-refractivity contribution in [1.29, 1.82) is 0 Å². The minimum atomic E-state index is -0.176. The monoisotopic (exact) mass is 330 g/mol. The van der Waals surface area contributed by atoms with E-state index in [-0.39, 0.29) is 30.8 Å². The Morgan fingerprint density at radius 1 is 1.25 bits per heavy atom. The number of likely N-dealkylation sites (N-methyl/N-ethyl adjacent to an activating group) is 1. The van der Waals surface area contributed by atoms with Crippen LogP contribution in [0.4, 0.5) is 0 Å². The second-order valence-electron chi connectivity index (χ2n) is 5.85. The van der Waals surface area contributed by atoms with Crippen LogP contribution in [0.25, 0.3) is 11.4 Å². The van der Waals surface area contributed by atoms with E-state index >= 15 is 0 Å².